The number of hydrogen-bond donors (Lipinski definition) is 0. The lowest BCUT2D eigenvalue weighted by Gasteiger charge is -2.61. The number of hydrogen-bond acceptors (Lipinski definition) is 4. The van der Waals surface area contributed by atoms with Crippen molar-refractivity contribution in [2.24, 2.45) is 35.5 Å². The molecule has 8 atom stereocenters. The molecule has 4 rings (SSSR count). The van der Waals surface area contributed by atoms with Crippen molar-refractivity contribution in [1.82, 2.24) is 0 Å². The van der Waals surface area contributed by atoms with E-state index in [1.54, 1.807) is 0 Å². The molecule has 2 saturated carbocycles. The van der Waals surface area contributed by atoms with Gasteiger partial charge >= 0.3 is 11.9 Å². The fourth-order valence-corrected chi connectivity index (χ4v) is 6.35. The van der Waals surface area contributed by atoms with E-state index < -0.39 is 11.8 Å². The number of carbonyl (C=O) groups is 2. The largest absolute Gasteiger partial charge is 0.469 e. The molecule has 0 amide bonds. The maximum atomic E-state index is 12.2. The van der Waals surface area contributed by atoms with Crippen LogP contribution in [0.1, 0.15) is 0 Å². The minimum atomic E-state index is -0.427. The van der Waals surface area contributed by atoms with Crippen LogP contribution in [0.2, 0.25) is 0 Å². The molecule has 0 aromatic carbocycles. The normalized spacial score (nSPS) is 48.2. The van der Waals surface area contributed by atoms with Crippen molar-refractivity contribution in [2.45, 2.75) is 9.65 Å². The third-order valence-corrected chi connectivity index (χ3v) is 8.16. The molecule has 0 unspecified atom stereocenters. The predicted octanol–water partition coefficient (Wildman–Crippen LogP) is 2.15. The first-order valence-electron chi connectivity index (χ1n) is 6.65. The molecular formula is C14H16Br2O4. The second kappa shape index (κ2) is 5.13. The third-order valence-electron chi connectivity index (χ3n) is 5.09. The molecule has 20 heavy (non-hydrogen) atoms. The van der Waals surface area contributed by atoms with Gasteiger partial charge in [-0.3, -0.25) is 9.59 Å². The maximum absolute atomic E-state index is 12.2. The van der Waals surface area contributed by atoms with Crippen LogP contribution < -0.4 is 0 Å². The lowest BCUT2D eigenvalue weighted by Crippen LogP contribution is -2.66. The molecule has 0 N–H and O–H groups in total. The second-order valence-electron chi connectivity index (χ2n) is 5.68. The number of fused-ring (bicyclic) bond motifs is 1. The molecule has 0 radical (unpaired) electrons. The molecule has 2 bridgehead atoms. The van der Waals surface area contributed by atoms with Crippen LogP contribution in [-0.4, -0.2) is 35.8 Å². The van der Waals surface area contributed by atoms with Crippen molar-refractivity contribution in [3.63, 3.8) is 0 Å². The second-order valence-corrected chi connectivity index (χ2v) is 7.80. The summed E-state index contributed by atoms with van der Waals surface area (Å²) in [6.07, 6.45) is 4.17. The number of carbonyl (C=O) groups excluding carboxylic acids is 2. The highest BCUT2D eigenvalue weighted by Gasteiger charge is 2.65. The monoisotopic (exact) mass is 406 g/mol. The van der Waals surface area contributed by atoms with Crippen LogP contribution in [0.15, 0.2) is 12.2 Å². The first-order chi connectivity index (χ1) is 9.52. The van der Waals surface area contributed by atoms with Gasteiger partial charge in [0.25, 0.3) is 0 Å². The summed E-state index contributed by atoms with van der Waals surface area (Å²) in [6.45, 7) is 0. The number of alkyl halides is 2. The number of rotatable bonds is 2. The van der Waals surface area contributed by atoms with Gasteiger partial charge in [0.05, 0.1) is 26.1 Å². The van der Waals surface area contributed by atoms with E-state index in [2.05, 4.69) is 44.0 Å². The third kappa shape index (κ3) is 1.76. The molecule has 4 aliphatic rings. The Bertz CT molecular complexity index is 436. The summed E-state index contributed by atoms with van der Waals surface area (Å²) in [6, 6.07) is 0. The van der Waals surface area contributed by atoms with E-state index in [9.17, 15) is 9.59 Å². The summed E-state index contributed by atoms with van der Waals surface area (Å²) >= 11 is 7.39. The van der Waals surface area contributed by atoms with Crippen molar-refractivity contribution in [3.8, 4) is 0 Å². The quantitative estimate of drug-likeness (QED) is 0.400. The summed E-state index contributed by atoms with van der Waals surface area (Å²) in [5.41, 5.74) is 0. The van der Waals surface area contributed by atoms with Gasteiger partial charge in [0.2, 0.25) is 0 Å². The highest BCUT2D eigenvalue weighted by Crippen LogP contribution is 2.63. The van der Waals surface area contributed by atoms with Crippen LogP contribution in [0.25, 0.3) is 0 Å². The zero-order chi connectivity index (χ0) is 14.6. The van der Waals surface area contributed by atoms with E-state index in [1.807, 2.05) is 0 Å². The van der Waals surface area contributed by atoms with Crippen molar-refractivity contribution in [3.05, 3.63) is 12.2 Å². The standard InChI is InChI=1S/C14H16Br2O4/c1-19-13(17)9-5-3-4-6(10(9)14(18)20-2)8-7(5)11(15)12(8)16/h3-12H,1-2H3/t5-,6+,7-,8-,9+,10+,11-,12+/m1/s1. The van der Waals surface area contributed by atoms with E-state index in [0.717, 1.165) is 0 Å². The van der Waals surface area contributed by atoms with Crippen LogP contribution in [0.3, 0.4) is 0 Å². The van der Waals surface area contributed by atoms with E-state index in [4.69, 9.17) is 9.47 Å². The van der Waals surface area contributed by atoms with Crippen LogP contribution in [0.4, 0.5) is 0 Å². The van der Waals surface area contributed by atoms with Gasteiger partial charge in [-0.2, -0.15) is 0 Å². The Balaban J connectivity index is 2.00. The Labute approximate surface area is 134 Å². The average molecular weight is 408 g/mol. The molecule has 110 valence electrons. The molecule has 6 heteroatoms. The summed E-state index contributed by atoms with van der Waals surface area (Å²) in [4.78, 5) is 25.0. The highest BCUT2D eigenvalue weighted by atomic mass is 79.9. The average Bonchev–Trinajstić information content (AvgIpc) is 2.50. The fourth-order valence-electron chi connectivity index (χ4n) is 4.23. The molecule has 0 aliphatic heterocycles. The number of halogens is 2. The van der Waals surface area contributed by atoms with Gasteiger partial charge in [-0.1, -0.05) is 44.0 Å². The van der Waals surface area contributed by atoms with E-state index in [1.165, 1.54) is 14.2 Å². The van der Waals surface area contributed by atoms with Crippen LogP contribution in [0, 0.1) is 35.5 Å². The van der Waals surface area contributed by atoms with Crippen LogP contribution >= 0.6 is 31.9 Å². The van der Waals surface area contributed by atoms with Gasteiger partial charge in [0.1, 0.15) is 0 Å². The zero-order valence-electron chi connectivity index (χ0n) is 11.2. The Morgan fingerprint density at radius 1 is 0.850 bits per heavy atom. The van der Waals surface area contributed by atoms with E-state index in [0.29, 0.717) is 21.5 Å². The van der Waals surface area contributed by atoms with Crippen molar-refractivity contribution in [2.75, 3.05) is 14.2 Å². The molecule has 2 fully saturated rings. The Hall–Kier alpha value is -0.360. The minimum absolute atomic E-state index is 0.0414. The van der Waals surface area contributed by atoms with Crippen molar-refractivity contribution < 1.29 is 19.1 Å². The van der Waals surface area contributed by atoms with E-state index in [-0.39, 0.29) is 23.8 Å². The highest BCUT2D eigenvalue weighted by molar-refractivity contribution is 9.12. The summed E-state index contributed by atoms with van der Waals surface area (Å²) in [5, 5.41) is 0. The molecule has 4 nitrogen and oxygen atoms in total. The number of ether oxygens (including phenoxy) is 2. The first kappa shape index (κ1) is 14.6. The SMILES string of the molecule is COC(=O)[C@H]1[C@H]2C=C[C@@H]([C@@H]1C(=O)OC)[C@H]1[C@@H](Br)[C@@H](Br)[C@H]21. The summed E-state index contributed by atoms with van der Waals surface area (Å²) in [7, 11) is 2.75. The van der Waals surface area contributed by atoms with Crippen LogP contribution in [0.5, 0.6) is 0 Å². The van der Waals surface area contributed by atoms with E-state index >= 15 is 0 Å². The van der Waals surface area contributed by atoms with Gasteiger partial charge in [-0.25, -0.2) is 0 Å². The molecule has 0 heterocycles. The topological polar surface area (TPSA) is 52.6 Å². The summed E-state index contributed by atoms with van der Waals surface area (Å²) in [5.74, 6) is -0.641. The molecule has 0 aromatic heterocycles. The van der Waals surface area contributed by atoms with Gasteiger partial charge in [-0.05, 0) is 23.7 Å². The number of allylic oxidation sites excluding steroid dienone is 2. The Morgan fingerprint density at radius 3 is 1.50 bits per heavy atom. The lowest BCUT2D eigenvalue weighted by atomic mass is 9.46. The number of methoxy groups -OCH3 is 2. The van der Waals surface area contributed by atoms with Gasteiger partial charge in [0, 0.05) is 9.65 Å². The smallest absolute Gasteiger partial charge is 0.310 e. The molecule has 4 aliphatic carbocycles. The van der Waals surface area contributed by atoms with Gasteiger partial charge in [0.15, 0.2) is 0 Å². The Morgan fingerprint density at radius 2 is 1.20 bits per heavy atom. The molecule has 0 saturated heterocycles. The molecular weight excluding hydrogens is 392 g/mol. The van der Waals surface area contributed by atoms with Gasteiger partial charge < -0.3 is 9.47 Å². The predicted molar refractivity (Wildman–Crippen MR) is 79.5 cm³/mol. The minimum Gasteiger partial charge on any atom is -0.469 e. The molecule has 0 aromatic rings. The number of esters is 2. The maximum Gasteiger partial charge on any atom is 0.310 e. The first-order valence-corrected chi connectivity index (χ1v) is 8.48. The van der Waals surface area contributed by atoms with Crippen LogP contribution in [-0.2, 0) is 19.1 Å². The van der Waals surface area contributed by atoms with Gasteiger partial charge in [-0.15, -0.1) is 0 Å². The van der Waals surface area contributed by atoms with Crippen molar-refractivity contribution >= 4 is 43.8 Å². The van der Waals surface area contributed by atoms with Crippen molar-refractivity contribution in [1.29, 1.82) is 0 Å². The Kier molecular flexibility index (Phi) is 3.73. The zero-order valence-corrected chi connectivity index (χ0v) is 14.3. The fraction of sp³-hybridized carbons (Fsp3) is 0.714. The lowest BCUT2D eigenvalue weighted by molar-refractivity contribution is -0.172. The molecule has 0 spiro atoms. The summed E-state index contributed by atoms with van der Waals surface area (Å²) < 4.78 is 9.86.